The molecule has 0 atom stereocenters. The molecule has 0 N–H and O–H groups in total. The van der Waals surface area contributed by atoms with Crippen LogP contribution in [0.1, 0.15) is 15.9 Å². The summed E-state index contributed by atoms with van der Waals surface area (Å²) in [5, 5.41) is 9.51. The van der Waals surface area contributed by atoms with Gasteiger partial charge in [-0.2, -0.15) is 22.0 Å². The lowest BCUT2D eigenvalue weighted by Crippen LogP contribution is -2.18. The minimum absolute atomic E-state index is 0.319. The quantitative estimate of drug-likeness (QED) is 0.669. The Morgan fingerprint density at radius 1 is 1.32 bits per heavy atom. The third-order valence-corrected chi connectivity index (χ3v) is 5.49. The molecule has 1 amide bonds. The van der Waals surface area contributed by atoms with E-state index < -0.39 is 0 Å². The molecular formula is C18H14ClN3OS2. The average molecular weight is 388 g/mol. The smallest absolute Gasteiger partial charge is 0.279 e. The van der Waals surface area contributed by atoms with E-state index in [0.717, 1.165) is 22.5 Å². The van der Waals surface area contributed by atoms with E-state index in [4.69, 9.17) is 16.9 Å². The summed E-state index contributed by atoms with van der Waals surface area (Å²) in [4.78, 5) is 17.5. The summed E-state index contributed by atoms with van der Waals surface area (Å²) < 4.78 is 3.05. The summed E-state index contributed by atoms with van der Waals surface area (Å²) >= 11 is 9.27. The van der Waals surface area contributed by atoms with E-state index >= 15 is 0 Å². The van der Waals surface area contributed by atoms with Gasteiger partial charge in [0, 0.05) is 22.9 Å². The van der Waals surface area contributed by atoms with Crippen molar-refractivity contribution in [1.82, 2.24) is 4.57 Å². The zero-order valence-electron chi connectivity index (χ0n) is 13.4. The van der Waals surface area contributed by atoms with Gasteiger partial charge in [-0.3, -0.25) is 4.79 Å². The number of aromatic nitrogens is 1. The fourth-order valence-electron chi connectivity index (χ4n) is 2.37. The Kier molecular flexibility index (Phi) is 5.59. The lowest BCUT2D eigenvalue weighted by atomic mass is 10.1. The molecule has 0 radical (unpaired) electrons. The van der Waals surface area contributed by atoms with Crippen molar-refractivity contribution < 1.29 is 4.79 Å². The molecule has 2 aromatic carbocycles. The number of benzene rings is 2. The SMILES string of the molecule is CSCCn1c(=NC(=O)c2ccc(C#N)cc2)sc2cc(Cl)ccc21. The molecule has 0 aliphatic heterocycles. The van der Waals surface area contributed by atoms with Crippen LogP contribution in [0, 0.1) is 11.3 Å². The van der Waals surface area contributed by atoms with E-state index in [2.05, 4.69) is 4.99 Å². The van der Waals surface area contributed by atoms with Crippen molar-refractivity contribution in [2.24, 2.45) is 4.99 Å². The predicted octanol–water partition coefficient (Wildman–Crippen LogP) is 4.33. The lowest BCUT2D eigenvalue weighted by molar-refractivity contribution is 0.0998. The summed E-state index contributed by atoms with van der Waals surface area (Å²) in [6.45, 7) is 0.766. The Bertz CT molecular complexity index is 1030. The average Bonchev–Trinajstić information content (AvgIpc) is 2.95. The second-order valence-corrected chi connectivity index (χ2v) is 7.68. The number of halogens is 1. The number of fused-ring (bicyclic) bond motifs is 1. The van der Waals surface area contributed by atoms with Gasteiger partial charge in [-0.25, -0.2) is 0 Å². The Morgan fingerprint density at radius 3 is 2.76 bits per heavy atom. The first-order chi connectivity index (χ1) is 12.1. The topological polar surface area (TPSA) is 58.1 Å². The largest absolute Gasteiger partial charge is 0.316 e. The fraction of sp³-hybridized carbons (Fsp3) is 0.167. The highest BCUT2D eigenvalue weighted by Gasteiger charge is 2.10. The number of aryl methyl sites for hydroxylation is 1. The van der Waals surface area contributed by atoms with Crippen LogP contribution in [0.25, 0.3) is 10.2 Å². The molecule has 0 aliphatic carbocycles. The van der Waals surface area contributed by atoms with Crippen LogP contribution in [0.4, 0.5) is 0 Å². The molecule has 3 rings (SSSR count). The maximum atomic E-state index is 12.5. The van der Waals surface area contributed by atoms with Crippen LogP contribution >= 0.6 is 34.7 Å². The first-order valence-electron chi connectivity index (χ1n) is 7.49. The van der Waals surface area contributed by atoms with E-state index in [9.17, 15) is 4.79 Å². The summed E-state index contributed by atoms with van der Waals surface area (Å²) in [7, 11) is 0. The molecule has 0 bridgehead atoms. The van der Waals surface area contributed by atoms with Gasteiger partial charge in [0.25, 0.3) is 5.91 Å². The Labute approximate surface area is 158 Å². The highest BCUT2D eigenvalue weighted by Crippen LogP contribution is 2.22. The van der Waals surface area contributed by atoms with Crippen LogP contribution in [0.2, 0.25) is 5.02 Å². The van der Waals surface area contributed by atoms with Gasteiger partial charge in [0.2, 0.25) is 0 Å². The highest BCUT2D eigenvalue weighted by molar-refractivity contribution is 7.98. The molecule has 0 saturated heterocycles. The van der Waals surface area contributed by atoms with Crippen molar-refractivity contribution in [3.63, 3.8) is 0 Å². The van der Waals surface area contributed by atoms with Crippen LogP contribution in [0.5, 0.6) is 0 Å². The summed E-state index contributed by atoms with van der Waals surface area (Å²) in [6.07, 6.45) is 2.05. The molecule has 0 unspecified atom stereocenters. The number of hydrogen-bond donors (Lipinski definition) is 0. The molecular weight excluding hydrogens is 374 g/mol. The molecule has 0 fully saturated rings. The van der Waals surface area contributed by atoms with Gasteiger partial charge in [0.15, 0.2) is 4.80 Å². The number of thioether (sulfide) groups is 1. The molecule has 0 aliphatic rings. The molecule has 1 heterocycles. The molecule has 7 heteroatoms. The maximum Gasteiger partial charge on any atom is 0.279 e. The van der Waals surface area contributed by atoms with Crippen molar-refractivity contribution in [2.75, 3.05) is 12.0 Å². The molecule has 0 saturated carbocycles. The molecule has 1 aromatic heterocycles. The number of amides is 1. The molecule has 0 spiro atoms. The monoisotopic (exact) mass is 387 g/mol. The van der Waals surface area contributed by atoms with Crippen molar-refractivity contribution >= 4 is 50.8 Å². The highest BCUT2D eigenvalue weighted by atomic mass is 35.5. The second-order valence-electron chi connectivity index (χ2n) is 5.25. The van der Waals surface area contributed by atoms with Gasteiger partial charge in [0.1, 0.15) is 0 Å². The number of rotatable bonds is 4. The Balaban J connectivity index is 2.07. The van der Waals surface area contributed by atoms with Gasteiger partial charge >= 0.3 is 0 Å². The number of hydrogen-bond acceptors (Lipinski definition) is 4. The van der Waals surface area contributed by atoms with Crippen LogP contribution < -0.4 is 4.80 Å². The van der Waals surface area contributed by atoms with Gasteiger partial charge in [-0.15, -0.1) is 0 Å². The van der Waals surface area contributed by atoms with E-state index in [1.165, 1.54) is 11.3 Å². The third kappa shape index (κ3) is 3.96. The van der Waals surface area contributed by atoms with Crippen molar-refractivity contribution in [3.05, 3.63) is 63.4 Å². The van der Waals surface area contributed by atoms with Gasteiger partial charge in [0.05, 0.1) is 21.8 Å². The van der Waals surface area contributed by atoms with E-state index in [-0.39, 0.29) is 5.91 Å². The summed E-state index contributed by atoms with van der Waals surface area (Å²) in [5.74, 6) is 0.604. The van der Waals surface area contributed by atoms with E-state index in [0.29, 0.717) is 21.0 Å². The van der Waals surface area contributed by atoms with Crippen molar-refractivity contribution in [1.29, 1.82) is 5.26 Å². The number of carbonyl (C=O) groups excluding carboxylic acids is 1. The minimum atomic E-state index is -0.319. The number of nitrogens with zero attached hydrogens (tertiary/aromatic N) is 3. The predicted molar refractivity (Wildman–Crippen MR) is 104 cm³/mol. The number of thiazole rings is 1. The van der Waals surface area contributed by atoms with Crippen molar-refractivity contribution in [2.45, 2.75) is 6.54 Å². The molecule has 25 heavy (non-hydrogen) atoms. The fourth-order valence-corrected chi connectivity index (χ4v) is 4.07. The summed E-state index contributed by atoms with van der Waals surface area (Å²) in [5.41, 5.74) is 2.00. The van der Waals surface area contributed by atoms with E-state index in [1.54, 1.807) is 36.0 Å². The first-order valence-corrected chi connectivity index (χ1v) is 10.1. The second kappa shape index (κ2) is 7.87. The van der Waals surface area contributed by atoms with E-state index in [1.807, 2.05) is 35.1 Å². The first kappa shape index (κ1) is 17.7. The molecule has 3 aromatic rings. The maximum absolute atomic E-state index is 12.5. The standard InChI is InChI=1S/C18H14ClN3OS2/c1-24-9-8-22-15-7-6-14(19)10-16(15)25-18(22)21-17(23)13-4-2-12(11-20)3-5-13/h2-7,10H,8-9H2,1H3. The number of nitriles is 1. The van der Waals surface area contributed by atoms with Crippen LogP contribution in [-0.2, 0) is 6.54 Å². The normalized spacial score (nSPS) is 11.6. The lowest BCUT2D eigenvalue weighted by Gasteiger charge is -2.03. The zero-order valence-corrected chi connectivity index (χ0v) is 15.8. The van der Waals surface area contributed by atoms with Crippen molar-refractivity contribution in [3.8, 4) is 6.07 Å². The van der Waals surface area contributed by atoms with Gasteiger partial charge in [-0.05, 0) is 48.7 Å². The number of carbonyl (C=O) groups is 1. The van der Waals surface area contributed by atoms with Gasteiger partial charge in [-0.1, -0.05) is 22.9 Å². The molecule has 4 nitrogen and oxygen atoms in total. The van der Waals surface area contributed by atoms with Gasteiger partial charge < -0.3 is 4.57 Å². The molecule has 126 valence electrons. The Hall–Kier alpha value is -2.07. The van der Waals surface area contributed by atoms with Crippen LogP contribution in [-0.4, -0.2) is 22.5 Å². The minimum Gasteiger partial charge on any atom is -0.316 e. The third-order valence-electron chi connectivity index (χ3n) is 3.62. The zero-order chi connectivity index (χ0) is 17.8. The summed E-state index contributed by atoms with van der Waals surface area (Å²) in [6, 6.07) is 14.2. The van der Waals surface area contributed by atoms with Crippen LogP contribution in [0.15, 0.2) is 47.5 Å². The Morgan fingerprint density at radius 2 is 2.08 bits per heavy atom. The van der Waals surface area contributed by atoms with Crippen LogP contribution in [0.3, 0.4) is 0 Å².